The molecule has 0 aliphatic heterocycles. The van der Waals surface area contributed by atoms with Gasteiger partial charge in [-0.1, -0.05) is 12.1 Å². The number of nitrogens with one attached hydrogen (secondary N) is 1. The highest BCUT2D eigenvalue weighted by Crippen LogP contribution is 2.35. The predicted molar refractivity (Wildman–Crippen MR) is 98.1 cm³/mol. The third-order valence-electron chi connectivity index (χ3n) is 4.13. The van der Waals surface area contributed by atoms with E-state index in [2.05, 4.69) is 9.72 Å². The number of hydrogen-bond acceptors (Lipinski definition) is 5. The maximum Gasteiger partial charge on any atom is 0.329 e. The lowest BCUT2D eigenvalue weighted by atomic mass is 10.0. The van der Waals surface area contributed by atoms with Crippen LogP contribution < -0.4 is 11.2 Å². The number of rotatable bonds is 5. The third kappa shape index (κ3) is 3.32. The minimum atomic E-state index is -0.515. The molecule has 0 radical (unpaired) electrons. The molecule has 0 spiro atoms. The van der Waals surface area contributed by atoms with Crippen LogP contribution in [0.1, 0.15) is 17.7 Å². The van der Waals surface area contributed by atoms with Crippen LogP contribution >= 0.6 is 11.3 Å². The Balaban J connectivity index is 2.10. The largest absolute Gasteiger partial charge is 0.469 e. The number of carbonyl (C=O) groups is 1. The van der Waals surface area contributed by atoms with E-state index in [1.54, 1.807) is 12.1 Å². The van der Waals surface area contributed by atoms with Crippen LogP contribution in [0.25, 0.3) is 21.3 Å². The van der Waals surface area contributed by atoms with Crippen molar-refractivity contribution >= 4 is 27.5 Å². The first-order valence-corrected chi connectivity index (χ1v) is 8.83. The van der Waals surface area contributed by atoms with Crippen molar-refractivity contribution in [3.05, 3.63) is 55.8 Å². The fourth-order valence-electron chi connectivity index (χ4n) is 2.88. The number of halogens is 1. The minimum absolute atomic E-state index is 0.108. The normalized spacial score (nSPS) is 11.0. The second kappa shape index (κ2) is 7.25. The molecule has 26 heavy (non-hydrogen) atoms. The van der Waals surface area contributed by atoms with Crippen molar-refractivity contribution in [3.63, 3.8) is 0 Å². The molecule has 6 nitrogen and oxygen atoms in total. The van der Waals surface area contributed by atoms with Crippen molar-refractivity contribution in [1.82, 2.24) is 9.55 Å². The zero-order chi connectivity index (χ0) is 18.8. The Morgan fingerprint density at radius 2 is 1.96 bits per heavy atom. The molecule has 1 aromatic carbocycles. The summed E-state index contributed by atoms with van der Waals surface area (Å²) >= 11 is 1.31. The van der Waals surface area contributed by atoms with Gasteiger partial charge in [0.25, 0.3) is 5.56 Å². The first-order valence-electron chi connectivity index (χ1n) is 8.01. The van der Waals surface area contributed by atoms with Gasteiger partial charge in [0.05, 0.1) is 12.5 Å². The standard InChI is InChI=1S/C18H17FN2O4S/c1-10-14(11-5-7-12(19)8-6-11)15-16(26-10)20-18(24)21(17(15)23)9-3-4-13(22)25-2/h5-8H,3-4,9H2,1-2H3,(H,20,24). The molecule has 0 saturated carbocycles. The van der Waals surface area contributed by atoms with Gasteiger partial charge in [-0.15, -0.1) is 11.3 Å². The van der Waals surface area contributed by atoms with Gasteiger partial charge in [0, 0.05) is 23.4 Å². The van der Waals surface area contributed by atoms with Gasteiger partial charge in [-0.2, -0.15) is 0 Å². The van der Waals surface area contributed by atoms with E-state index in [1.165, 1.54) is 30.6 Å². The van der Waals surface area contributed by atoms with Gasteiger partial charge in [0.15, 0.2) is 0 Å². The number of nitrogens with zero attached hydrogens (tertiary/aromatic N) is 1. The number of aryl methyl sites for hydroxylation is 1. The Morgan fingerprint density at radius 1 is 1.27 bits per heavy atom. The zero-order valence-corrected chi connectivity index (χ0v) is 15.1. The van der Waals surface area contributed by atoms with E-state index in [0.29, 0.717) is 27.8 Å². The highest BCUT2D eigenvalue weighted by atomic mass is 32.1. The topological polar surface area (TPSA) is 81.2 Å². The van der Waals surface area contributed by atoms with Crippen molar-refractivity contribution < 1.29 is 13.9 Å². The molecule has 3 rings (SSSR count). The van der Waals surface area contributed by atoms with E-state index in [0.717, 1.165) is 9.44 Å². The van der Waals surface area contributed by atoms with E-state index in [-0.39, 0.29) is 18.8 Å². The van der Waals surface area contributed by atoms with Gasteiger partial charge in [0.1, 0.15) is 10.6 Å². The number of fused-ring (bicyclic) bond motifs is 1. The van der Waals surface area contributed by atoms with E-state index < -0.39 is 17.2 Å². The van der Waals surface area contributed by atoms with Crippen molar-refractivity contribution in [2.45, 2.75) is 26.3 Å². The first-order chi connectivity index (χ1) is 12.4. The minimum Gasteiger partial charge on any atom is -0.469 e. The van der Waals surface area contributed by atoms with Crippen LogP contribution in [0.15, 0.2) is 33.9 Å². The molecule has 0 unspecified atom stereocenters. The average Bonchev–Trinajstić information content (AvgIpc) is 2.94. The van der Waals surface area contributed by atoms with Crippen LogP contribution in [-0.2, 0) is 16.1 Å². The summed E-state index contributed by atoms with van der Waals surface area (Å²) in [4.78, 5) is 40.5. The number of esters is 1. The lowest BCUT2D eigenvalue weighted by molar-refractivity contribution is -0.140. The van der Waals surface area contributed by atoms with Gasteiger partial charge in [-0.25, -0.2) is 9.18 Å². The Kier molecular flexibility index (Phi) is 5.03. The number of methoxy groups -OCH3 is 1. The molecule has 8 heteroatoms. The summed E-state index contributed by atoms with van der Waals surface area (Å²) in [5.41, 5.74) is 0.463. The van der Waals surface area contributed by atoms with Crippen molar-refractivity contribution in [3.8, 4) is 11.1 Å². The fraction of sp³-hybridized carbons (Fsp3) is 0.278. The maximum atomic E-state index is 13.2. The van der Waals surface area contributed by atoms with Crippen LogP contribution in [0.2, 0.25) is 0 Å². The Labute approximate surface area is 151 Å². The number of benzene rings is 1. The number of carbonyl (C=O) groups excluding carboxylic acids is 1. The number of hydrogen-bond donors (Lipinski definition) is 1. The molecule has 136 valence electrons. The second-order valence-electron chi connectivity index (χ2n) is 5.81. The quantitative estimate of drug-likeness (QED) is 0.695. The number of ether oxygens (including phenoxy) is 1. The number of thiophene rings is 1. The molecule has 0 atom stereocenters. The monoisotopic (exact) mass is 376 g/mol. The van der Waals surface area contributed by atoms with Crippen molar-refractivity contribution in [2.24, 2.45) is 0 Å². The SMILES string of the molecule is COC(=O)CCCn1c(=O)[nH]c2sc(C)c(-c3ccc(F)cc3)c2c1=O. The first kappa shape index (κ1) is 18.1. The van der Waals surface area contributed by atoms with Crippen LogP contribution in [0.4, 0.5) is 4.39 Å². The van der Waals surface area contributed by atoms with Crippen LogP contribution in [0.3, 0.4) is 0 Å². The van der Waals surface area contributed by atoms with Gasteiger partial charge in [0.2, 0.25) is 0 Å². The maximum absolute atomic E-state index is 13.2. The molecule has 0 saturated heterocycles. The molecule has 0 fully saturated rings. The van der Waals surface area contributed by atoms with E-state index in [4.69, 9.17) is 0 Å². The molecule has 0 amide bonds. The smallest absolute Gasteiger partial charge is 0.329 e. The molecule has 1 N–H and O–H groups in total. The van der Waals surface area contributed by atoms with E-state index >= 15 is 0 Å². The van der Waals surface area contributed by atoms with Gasteiger partial charge < -0.3 is 4.74 Å². The fourth-order valence-corrected chi connectivity index (χ4v) is 3.94. The Hall–Kier alpha value is -2.74. The van der Waals surface area contributed by atoms with E-state index in [1.807, 2.05) is 6.92 Å². The average molecular weight is 376 g/mol. The summed E-state index contributed by atoms with van der Waals surface area (Å²) in [6.45, 7) is 1.96. The Bertz CT molecular complexity index is 1080. The molecule has 3 aromatic rings. The van der Waals surface area contributed by atoms with Gasteiger partial charge >= 0.3 is 11.7 Å². The van der Waals surface area contributed by atoms with Gasteiger partial charge in [-0.05, 0) is 31.0 Å². The summed E-state index contributed by atoms with van der Waals surface area (Å²) in [6, 6.07) is 5.88. The molecule has 0 aliphatic carbocycles. The predicted octanol–water partition coefficient (Wildman–Crippen LogP) is 2.82. The lowest BCUT2D eigenvalue weighted by Gasteiger charge is -2.06. The van der Waals surface area contributed by atoms with Crippen LogP contribution in [-0.4, -0.2) is 22.6 Å². The lowest BCUT2D eigenvalue weighted by Crippen LogP contribution is -2.35. The zero-order valence-electron chi connectivity index (χ0n) is 14.3. The van der Waals surface area contributed by atoms with Gasteiger partial charge in [-0.3, -0.25) is 19.1 Å². The summed E-state index contributed by atoms with van der Waals surface area (Å²) < 4.78 is 18.9. The number of H-pyrrole nitrogens is 1. The molecular weight excluding hydrogens is 359 g/mol. The highest BCUT2D eigenvalue weighted by molar-refractivity contribution is 7.19. The Morgan fingerprint density at radius 3 is 2.62 bits per heavy atom. The number of aromatic nitrogens is 2. The summed E-state index contributed by atoms with van der Waals surface area (Å²) in [7, 11) is 1.29. The summed E-state index contributed by atoms with van der Waals surface area (Å²) in [5, 5.41) is 0.400. The van der Waals surface area contributed by atoms with Crippen molar-refractivity contribution in [1.29, 1.82) is 0 Å². The number of aromatic amines is 1. The van der Waals surface area contributed by atoms with E-state index in [9.17, 15) is 18.8 Å². The highest BCUT2D eigenvalue weighted by Gasteiger charge is 2.18. The summed E-state index contributed by atoms with van der Waals surface area (Å²) in [6.07, 6.45) is 0.435. The molecule has 0 bridgehead atoms. The van der Waals surface area contributed by atoms with Crippen LogP contribution in [0.5, 0.6) is 0 Å². The second-order valence-corrected chi connectivity index (χ2v) is 7.04. The van der Waals surface area contributed by atoms with Crippen LogP contribution in [0, 0.1) is 12.7 Å². The molecule has 0 aliphatic rings. The molecular formula is C18H17FN2O4S. The molecule has 2 heterocycles. The third-order valence-corrected chi connectivity index (χ3v) is 5.15. The molecule has 2 aromatic heterocycles. The van der Waals surface area contributed by atoms with Crippen molar-refractivity contribution in [2.75, 3.05) is 7.11 Å². The summed E-state index contributed by atoms with van der Waals surface area (Å²) in [5.74, 6) is -0.756.